The first-order valence-corrected chi connectivity index (χ1v) is 7.27. The summed E-state index contributed by atoms with van der Waals surface area (Å²) >= 11 is 5.86. The molecular weight excluding hydrogens is 306 g/mol. The number of carbonyl (C=O) groups is 2. The molecule has 0 unspecified atom stereocenters. The van der Waals surface area contributed by atoms with Crippen molar-refractivity contribution in [1.82, 2.24) is 4.57 Å². The summed E-state index contributed by atoms with van der Waals surface area (Å²) in [5, 5.41) is 17.9. The number of halogens is 1. The third-order valence-corrected chi connectivity index (χ3v) is 3.67. The van der Waals surface area contributed by atoms with Crippen LogP contribution in [0.5, 0.6) is 0 Å². The van der Waals surface area contributed by atoms with Gasteiger partial charge in [-0.25, -0.2) is 4.79 Å². The summed E-state index contributed by atoms with van der Waals surface area (Å²) in [6, 6.07) is 6.78. The minimum absolute atomic E-state index is 0.0656. The van der Waals surface area contributed by atoms with E-state index in [4.69, 9.17) is 21.8 Å². The van der Waals surface area contributed by atoms with Gasteiger partial charge in [-0.1, -0.05) is 11.6 Å². The molecule has 22 heavy (non-hydrogen) atoms. The van der Waals surface area contributed by atoms with Crippen LogP contribution in [-0.4, -0.2) is 26.7 Å². The number of benzene rings is 1. The molecule has 0 bridgehead atoms. The Balaban J connectivity index is 2.06. The van der Waals surface area contributed by atoms with E-state index in [1.54, 1.807) is 12.1 Å². The summed E-state index contributed by atoms with van der Waals surface area (Å²) in [6.07, 6.45) is 6.18. The third kappa shape index (κ3) is 4.11. The second-order valence-corrected chi connectivity index (χ2v) is 5.40. The highest BCUT2D eigenvalue weighted by atomic mass is 35.5. The number of aliphatic carboxylic acids is 1. The van der Waals surface area contributed by atoms with Gasteiger partial charge in [-0.05, 0) is 49.1 Å². The highest BCUT2D eigenvalue weighted by molar-refractivity contribution is 6.33. The van der Waals surface area contributed by atoms with Crippen molar-refractivity contribution in [1.29, 1.82) is 0 Å². The average Bonchev–Trinajstić information content (AvgIpc) is 2.92. The third-order valence-electron chi connectivity index (χ3n) is 3.34. The van der Waals surface area contributed by atoms with Crippen LogP contribution in [0.4, 0.5) is 0 Å². The fourth-order valence-corrected chi connectivity index (χ4v) is 2.39. The molecule has 0 amide bonds. The lowest BCUT2D eigenvalue weighted by Crippen LogP contribution is -2.00. The van der Waals surface area contributed by atoms with Crippen LogP contribution in [0.25, 0.3) is 5.69 Å². The normalized spacial score (nSPS) is 10.6. The minimum Gasteiger partial charge on any atom is -0.481 e. The number of nitrogens with zero attached hydrogens (tertiary/aromatic N) is 1. The predicted octanol–water partition coefficient (Wildman–Crippen LogP) is 3.63. The molecule has 0 aliphatic rings. The number of aromatic nitrogens is 1. The van der Waals surface area contributed by atoms with Crippen molar-refractivity contribution in [2.24, 2.45) is 0 Å². The molecule has 1 heterocycles. The molecule has 1 aromatic heterocycles. The summed E-state index contributed by atoms with van der Waals surface area (Å²) in [6.45, 7) is 0. The van der Waals surface area contributed by atoms with Crippen LogP contribution in [-0.2, 0) is 11.2 Å². The van der Waals surface area contributed by atoms with Crippen LogP contribution in [0.15, 0.2) is 36.7 Å². The Morgan fingerprint density at radius 1 is 1.14 bits per heavy atom. The van der Waals surface area contributed by atoms with Gasteiger partial charge < -0.3 is 14.8 Å². The molecular formula is C16H16ClNO4. The van der Waals surface area contributed by atoms with Crippen LogP contribution in [0.2, 0.25) is 5.02 Å². The van der Waals surface area contributed by atoms with Gasteiger partial charge in [0.15, 0.2) is 0 Å². The molecule has 116 valence electrons. The van der Waals surface area contributed by atoms with Crippen LogP contribution >= 0.6 is 11.6 Å². The van der Waals surface area contributed by atoms with Crippen molar-refractivity contribution in [2.45, 2.75) is 25.7 Å². The van der Waals surface area contributed by atoms with Crippen LogP contribution in [0.3, 0.4) is 0 Å². The van der Waals surface area contributed by atoms with Crippen molar-refractivity contribution >= 4 is 23.5 Å². The fraction of sp³-hybridized carbons (Fsp3) is 0.250. The van der Waals surface area contributed by atoms with E-state index in [0.29, 0.717) is 6.42 Å². The molecule has 2 aromatic rings. The van der Waals surface area contributed by atoms with E-state index in [9.17, 15) is 9.59 Å². The molecule has 2 N–H and O–H groups in total. The Labute approximate surface area is 132 Å². The molecule has 0 aliphatic heterocycles. The first-order chi connectivity index (χ1) is 10.5. The van der Waals surface area contributed by atoms with Crippen molar-refractivity contribution in [3.05, 3.63) is 52.8 Å². The topological polar surface area (TPSA) is 79.5 Å². The maximum absolute atomic E-state index is 11.1. The van der Waals surface area contributed by atoms with Gasteiger partial charge >= 0.3 is 11.9 Å². The molecule has 6 heteroatoms. The number of rotatable bonds is 7. The van der Waals surface area contributed by atoms with E-state index in [-0.39, 0.29) is 17.0 Å². The standard InChI is InChI=1S/C16H16ClNO4/c17-14-6-5-12(9-13(14)16(21)22)18-8-7-11(10-18)3-1-2-4-15(19)20/h5-10H,1-4H2,(H,19,20)(H,21,22). The highest BCUT2D eigenvalue weighted by Crippen LogP contribution is 2.21. The largest absolute Gasteiger partial charge is 0.481 e. The number of unbranched alkanes of at least 4 members (excludes halogenated alkanes) is 1. The van der Waals surface area contributed by atoms with E-state index in [2.05, 4.69) is 0 Å². The SMILES string of the molecule is O=C(O)CCCCc1ccn(-c2ccc(Cl)c(C(=O)O)c2)c1. The van der Waals surface area contributed by atoms with E-state index in [0.717, 1.165) is 24.1 Å². The zero-order valence-corrected chi connectivity index (χ0v) is 12.6. The van der Waals surface area contributed by atoms with Gasteiger partial charge in [-0.3, -0.25) is 4.79 Å². The maximum Gasteiger partial charge on any atom is 0.337 e. The second-order valence-electron chi connectivity index (χ2n) is 5.00. The zero-order chi connectivity index (χ0) is 16.1. The van der Waals surface area contributed by atoms with Gasteiger partial charge in [0, 0.05) is 24.5 Å². The summed E-state index contributed by atoms with van der Waals surface area (Å²) in [7, 11) is 0. The Kier molecular flexibility index (Phi) is 5.22. The minimum atomic E-state index is -1.06. The number of hydrogen-bond acceptors (Lipinski definition) is 2. The fourth-order valence-electron chi connectivity index (χ4n) is 2.19. The molecule has 5 nitrogen and oxygen atoms in total. The quantitative estimate of drug-likeness (QED) is 0.763. The van der Waals surface area contributed by atoms with Crippen molar-refractivity contribution in [2.75, 3.05) is 0 Å². The number of hydrogen-bond donors (Lipinski definition) is 2. The first-order valence-electron chi connectivity index (χ1n) is 6.89. The van der Waals surface area contributed by atoms with Crippen LogP contribution < -0.4 is 0 Å². The molecule has 0 atom stereocenters. The zero-order valence-electron chi connectivity index (χ0n) is 11.8. The molecule has 0 fully saturated rings. The summed E-state index contributed by atoms with van der Waals surface area (Å²) in [4.78, 5) is 21.5. The van der Waals surface area contributed by atoms with Gasteiger partial charge in [-0.15, -0.1) is 0 Å². The Hall–Kier alpha value is -2.27. The van der Waals surface area contributed by atoms with E-state index in [1.165, 1.54) is 6.07 Å². The second kappa shape index (κ2) is 7.13. The lowest BCUT2D eigenvalue weighted by Gasteiger charge is -2.05. The van der Waals surface area contributed by atoms with Gasteiger partial charge in [-0.2, -0.15) is 0 Å². The van der Waals surface area contributed by atoms with E-state index in [1.807, 2.05) is 23.0 Å². The smallest absolute Gasteiger partial charge is 0.337 e. The lowest BCUT2D eigenvalue weighted by molar-refractivity contribution is -0.137. The average molecular weight is 322 g/mol. The van der Waals surface area contributed by atoms with Gasteiger partial charge in [0.1, 0.15) is 0 Å². The molecule has 0 aliphatic carbocycles. The Morgan fingerprint density at radius 3 is 2.59 bits per heavy atom. The molecule has 0 spiro atoms. The lowest BCUT2D eigenvalue weighted by atomic mass is 10.1. The summed E-state index contributed by atoms with van der Waals surface area (Å²) in [5.74, 6) is -1.84. The van der Waals surface area contributed by atoms with Gasteiger partial charge in [0.2, 0.25) is 0 Å². The molecule has 0 saturated heterocycles. The molecule has 2 rings (SSSR count). The molecule has 0 saturated carbocycles. The summed E-state index contributed by atoms with van der Waals surface area (Å²) < 4.78 is 1.83. The summed E-state index contributed by atoms with van der Waals surface area (Å²) in [5.41, 5.74) is 1.87. The number of aromatic carboxylic acids is 1. The molecule has 0 radical (unpaired) electrons. The van der Waals surface area contributed by atoms with Crippen molar-refractivity contribution in [3.63, 3.8) is 0 Å². The van der Waals surface area contributed by atoms with E-state index >= 15 is 0 Å². The molecule has 1 aromatic carbocycles. The van der Waals surface area contributed by atoms with Gasteiger partial charge in [0.25, 0.3) is 0 Å². The van der Waals surface area contributed by atoms with Crippen LogP contribution in [0.1, 0.15) is 35.2 Å². The number of carboxylic acids is 2. The number of aryl methyl sites for hydroxylation is 1. The monoisotopic (exact) mass is 321 g/mol. The maximum atomic E-state index is 11.1. The van der Waals surface area contributed by atoms with Crippen molar-refractivity contribution < 1.29 is 19.8 Å². The Bertz CT molecular complexity index is 693. The van der Waals surface area contributed by atoms with Crippen molar-refractivity contribution in [3.8, 4) is 5.69 Å². The highest BCUT2D eigenvalue weighted by Gasteiger charge is 2.10. The van der Waals surface area contributed by atoms with Gasteiger partial charge in [0.05, 0.1) is 10.6 Å². The predicted molar refractivity (Wildman–Crippen MR) is 82.9 cm³/mol. The first kappa shape index (κ1) is 16.1. The van der Waals surface area contributed by atoms with E-state index < -0.39 is 11.9 Å². The number of carboxylic acid groups (broad SMARTS) is 2. The Morgan fingerprint density at radius 2 is 1.91 bits per heavy atom. The van der Waals surface area contributed by atoms with Crippen LogP contribution in [0, 0.1) is 0 Å².